The van der Waals surface area contributed by atoms with Crippen molar-refractivity contribution in [3.05, 3.63) is 11.1 Å². The molecule has 1 N–H and O–H groups in total. The number of nitrogens with one attached hydrogen (secondary N) is 1. The summed E-state index contributed by atoms with van der Waals surface area (Å²) in [4.78, 5) is 15.7. The lowest BCUT2D eigenvalue weighted by Crippen LogP contribution is -2.35. The second-order valence-electron chi connectivity index (χ2n) is 5.48. The second kappa shape index (κ2) is 6.31. The van der Waals surface area contributed by atoms with Gasteiger partial charge in [-0.3, -0.25) is 4.79 Å². The van der Waals surface area contributed by atoms with Crippen LogP contribution in [-0.2, 0) is 25.8 Å². The second-order valence-corrected chi connectivity index (χ2v) is 8.52. The Kier molecular flexibility index (Phi) is 4.88. The molecular weight excluding hydrogens is 312 g/mol. The minimum absolute atomic E-state index is 0.137. The molecule has 1 atom stereocenters. The number of rotatable bonds is 6. The Balaban J connectivity index is 1.90. The molecule has 1 unspecified atom stereocenters. The summed E-state index contributed by atoms with van der Waals surface area (Å²) in [6, 6.07) is 0. The van der Waals surface area contributed by atoms with Crippen LogP contribution in [0.4, 0.5) is 5.13 Å². The van der Waals surface area contributed by atoms with Gasteiger partial charge in [0.25, 0.3) is 0 Å². The number of sulfone groups is 1. The Labute approximate surface area is 128 Å². The lowest BCUT2D eigenvalue weighted by Gasteiger charge is -2.23. The normalized spacial score (nSPS) is 23.9. The quantitative estimate of drug-likeness (QED) is 0.797. The summed E-state index contributed by atoms with van der Waals surface area (Å²) in [6.45, 7) is 4.06. The van der Waals surface area contributed by atoms with Crippen LogP contribution in [0.1, 0.15) is 32.4 Å². The van der Waals surface area contributed by atoms with E-state index in [1.54, 1.807) is 6.92 Å². The lowest BCUT2D eigenvalue weighted by molar-refractivity contribution is -0.143. The number of aryl methyl sites for hydroxylation is 1. The van der Waals surface area contributed by atoms with E-state index in [1.165, 1.54) is 11.3 Å². The topological polar surface area (TPSA) is 85.4 Å². The van der Waals surface area contributed by atoms with Crippen LogP contribution in [0.25, 0.3) is 0 Å². The zero-order valence-electron chi connectivity index (χ0n) is 12.2. The molecule has 2 rings (SSSR count). The van der Waals surface area contributed by atoms with Gasteiger partial charge in [0, 0.05) is 11.8 Å². The maximum Gasteiger partial charge on any atom is 0.306 e. The van der Waals surface area contributed by atoms with E-state index in [2.05, 4.69) is 10.3 Å². The van der Waals surface area contributed by atoms with Gasteiger partial charge in [-0.2, -0.15) is 0 Å². The van der Waals surface area contributed by atoms with Gasteiger partial charge in [0.1, 0.15) is 0 Å². The number of anilines is 1. The van der Waals surface area contributed by atoms with Gasteiger partial charge < -0.3 is 10.1 Å². The highest BCUT2D eigenvalue weighted by molar-refractivity contribution is 7.91. The molecule has 0 radical (unpaired) electrons. The van der Waals surface area contributed by atoms with E-state index >= 15 is 0 Å². The van der Waals surface area contributed by atoms with Crippen molar-refractivity contribution in [3.8, 4) is 0 Å². The van der Waals surface area contributed by atoms with Crippen molar-refractivity contribution >= 4 is 32.3 Å². The Morgan fingerprint density at radius 1 is 1.57 bits per heavy atom. The largest absolute Gasteiger partial charge is 0.466 e. The minimum atomic E-state index is -2.94. The Hall–Kier alpha value is -1.15. The standard InChI is InChI=1S/C13H20N2O4S2/c1-3-19-11(16)5-4-10-8-20-12(14-10)15-13(2)6-7-21(17,18)9-13/h8H,3-7,9H2,1-2H3,(H,14,15). The predicted molar refractivity (Wildman–Crippen MR) is 82.4 cm³/mol. The van der Waals surface area contributed by atoms with E-state index in [0.29, 0.717) is 31.0 Å². The molecule has 0 saturated carbocycles. The molecule has 0 aromatic carbocycles. The van der Waals surface area contributed by atoms with Crippen LogP contribution in [0.5, 0.6) is 0 Å². The van der Waals surface area contributed by atoms with Gasteiger partial charge in [0.2, 0.25) is 0 Å². The smallest absolute Gasteiger partial charge is 0.306 e. The number of thiazole rings is 1. The first-order valence-electron chi connectivity index (χ1n) is 6.90. The first kappa shape index (κ1) is 16.2. The van der Waals surface area contributed by atoms with Crippen molar-refractivity contribution in [2.75, 3.05) is 23.4 Å². The molecule has 6 nitrogen and oxygen atoms in total. The average Bonchev–Trinajstić information content (AvgIpc) is 2.92. The van der Waals surface area contributed by atoms with Gasteiger partial charge >= 0.3 is 5.97 Å². The molecule has 0 bridgehead atoms. The number of nitrogens with zero attached hydrogens (tertiary/aromatic N) is 1. The molecule has 8 heteroatoms. The van der Waals surface area contributed by atoms with Crippen LogP contribution in [0.3, 0.4) is 0 Å². The average molecular weight is 332 g/mol. The van der Waals surface area contributed by atoms with E-state index < -0.39 is 15.4 Å². The summed E-state index contributed by atoms with van der Waals surface area (Å²) in [5, 5.41) is 5.80. The first-order valence-corrected chi connectivity index (χ1v) is 9.61. The summed E-state index contributed by atoms with van der Waals surface area (Å²) in [5.41, 5.74) is 0.370. The summed E-state index contributed by atoms with van der Waals surface area (Å²) in [6.07, 6.45) is 1.43. The van der Waals surface area contributed by atoms with Crippen LogP contribution >= 0.6 is 11.3 Å². The van der Waals surface area contributed by atoms with Gasteiger partial charge in [-0.05, 0) is 20.3 Å². The number of ether oxygens (including phenoxy) is 1. The highest BCUT2D eigenvalue weighted by Crippen LogP contribution is 2.29. The zero-order valence-corrected chi connectivity index (χ0v) is 13.8. The Morgan fingerprint density at radius 2 is 2.33 bits per heavy atom. The fourth-order valence-corrected chi connectivity index (χ4v) is 5.30. The van der Waals surface area contributed by atoms with Crippen LogP contribution in [-0.4, -0.2) is 43.0 Å². The Morgan fingerprint density at radius 3 is 2.95 bits per heavy atom. The number of aromatic nitrogens is 1. The molecule has 1 aliphatic heterocycles. The molecule has 1 aromatic rings. The number of carbonyl (C=O) groups excluding carboxylic acids is 1. The fourth-order valence-electron chi connectivity index (χ4n) is 2.31. The molecule has 1 saturated heterocycles. The summed E-state index contributed by atoms with van der Waals surface area (Å²) >= 11 is 1.43. The third-order valence-electron chi connectivity index (χ3n) is 3.35. The van der Waals surface area contributed by atoms with Gasteiger partial charge in [-0.25, -0.2) is 13.4 Å². The van der Waals surface area contributed by atoms with E-state index in [4.69, 9.17) is 4.74 Å². The number of esters is 1. The number of carbonyl (C=O) groups is 1. The lowest BCUT2D eigenvalue weighted by atomic mass is 10.0. The van der Waals surface area contributed by atoms with Gasteiger partial charge in [-0.1, -0.05) is 0 Å². The van der Waals surface area contributed by atoms with Crippen LogP contribution in [0, 0.1) is 0 Å². The number of hydrogen-bond acceptors (Lipinski definition) is 7. The van der Waals surface area contributed by atoms with Crippen molar-refractivity contribution in [3.63, 3.8) is 0 Å². The van der Waals surface area contributed by atoms with Crippen molar-refractivity contribution in [1.29, 1.82) is 0 Å². The Bertz CT molecular complexity index is 611. The molecular formula is C13H20N2O4S2. The first-order chi connectivity index (χ1) is 9.82. The summed E-state index contributed by atoms with van der Waals surface area (Å²) < 4.78 is 28.0. The van der Waals surface area contributed by atoms with E-state index in [1.807, 2.05) is 12.3 Å². The van der Waals surface area contributed by atoms with Crippen molar-refractivity contribution < 1.29 is 17.9 Å². The maximum absolute atomic E-state index is 11.6. The van der Waals surface area contributed by atoms with Crippen LogP contribution in [0.15, 0.2) is 5.38 Å². The van der Waals surface area contributed by atoms with Gasteiger partial charge in [-0.15, -0.1) is 11.3 Å². The fraction of sp³-hybridized carbons (Fsp3) is 0.692. The molecule has 21 heavy (non-hydrogen) atoms. The molecule has 1 fully saturated rings. The van der Waals surface area contributed by atoms with Crippen LogP contribution < -0.4 is 5.32 Å². The van der Waals surface area contributed by atoms with Crippen LogP contribution in [0.2, 0.25) is 0 Å². The van der Waals surface area contributed by atoms with Gasteiger partial charge in [0.15, 0.2) is 15.0 Å². The highest BCUT2D eigenvalue weighted by Gasteiger charge is 2.38. The minimum Gasteiger partial charge on any atom is -0.466 e. The maximum atomic E-state index is 11.6. The molecule has 1 aromatic heterocycles. The van der Waals surface area contributed by atoms with E-state index in [0.717, 1.165) is 5.69 Å². The third-order valence-corrected chi connectivity index (χ3v) is 6.06. The summed E-state index contributed by atoms with van der Waals surface area (Å²) in [7, 11) is -2.94. The van der Waals surface area contributed by atoms with Crippen molar-refractivity contribution in [2.45, 2.75) is 38.6 Å². The molecule has 1 aliphatic rings. The molecule has 0 amide bonds. The molecule has 0 aliphatic carbocycles. The molecule has 118 valence electrons. The summed E-state index contributed by atoms with van der Waals surface area (Å²) in [5.74, 6) is 0.129. The monoisotopic (exact) mass is 332 g/mol. The molecule has 2 heterocycles. The van der Waals surface area contributed by atoms with Crippen molar-refractivity contribution in [1.82, 2.24) is 4.98 Å². The number of hydrogen-bond donors (Lipinski definition) is 1. The zero-order chi connectivity index (χ0) is 15.5. The van der Waals surface area contributed by atoms with Gasteiger partial charge in [0.05, 0.1) is 35.8 Å². The predicted octanol–water partition coefficient (Wildman–Crippen LogP) is 1.63. The van der Waals surface area contributed by atoms with E-state index in [9.17, 15) is 13.2 Å². The third kappa shape index (κ3) is 4.67. The highest BCUT2D eigenvalue weighted by atomic mass is 32.2. The van der Waals surface area contributed by atoms with E-state index in [-0.39, 0.29) is 17.5 Å². The molecule has 0 spiro atoms. The SMILES string of the molecule is CCOC(=O)CCc1csc(NC2(C)CCS(=O)(=O)C2)n1. The van der Waals surface area contributed by atoms with Crippen molar-refractivity contribution in [2.24, 2.45) is 0 Å².